The number of benzene rings is 2. The highest BCUT2D eigenvalue weighted by molar-refractivity contribution is 9.10. The zero-order valence-corrected chi connectivity index (χ0v) is 15.0. The molecule has 124 valence electrons. The number of aromatic nitrogens is 1. The zero-order valence-electron chi connectivity index (χ0n) is 11.9. The molecule has 0 bridgehead atoms. The van der Waals surface area contributed by atoms with E-state index in [-0.39, 0.29) is 21.3 Å². The Morgan fingerprint density at radius 2 is 1.62 bits per heavy atom. The van der Waals surface area contributed by atoms with Gasteiger partial charge < -0.3 is 0 Å². The molecule has 1 unspecified atom stereocenters. The van der Waals surface area contributed by atoms with Crippen molar-refractivity contribution in [2.45, 2.75) is 12.1 Å². The maximum atomic E-state index is 13.8. The van der Waals surface area contributed by atoms with Gasteiger partial charge in [0, 0.05) is 15.4 Å². The molecule has 2 aromatic carbocycles. The first kappa shape index (κ1) is 17.5. The number of fused-ring (bicyclic) bond motifs is 1. The molecule has 7 heteroatoms. The van der Waals surface area contributed by atoms with Crippen molar-refractivity contribution in [2.24, 2.45) is 0 Å². The second kappa shape index (κ2) is 6.54. The van der Waals surface area contributed by atoms with Crippen molar-refractivity contribution in [2.75, 3.05) is 0 Å². The van der Waals surface area contributed by atoms with Gasteiger partial charge in [-0.05, 0) is 17.7 Å². The van der Waals surface area contributed by atoms with E-state index in [0.29, 0.717) is 15.4 Å². The van der Waals surface area contributed by atoms with Crippen LogP contribution in [0.4, 0.5) is 13.2 Å². The Bertz CT molecular complexity index is 898. The molecule has 1 nitrogen and oxygen atoms in total. The average molecular weight is 435 g/mol. The quantitative estimate of drug-likeness (QED) is 0.395. The molecular weight excluding hydrogens is 426 g/mol. The molecule has 0 saturated carbocycles. The Hall–Kier alpha value is -1.30. The number of nitrogens with zero attached hydrogens (tertiary/aromatic N) is 1. The molecule has 0 amide bonds. The predicted molar refractivity (Wildman–Crippen MR) is 93.8 cm³/mol. The van der Waals surface area contributed by atoms with Gasteiger partial charge >= 0.3 is 6.18 Å². The molecule has 1 heterocycles. The van der Waals surface area contributed by atoms with E-state index in [9.17, 15) is 13.2 Å². The lowest BCUT2D eigenvalue weighted by atomic mass is 9.91. The van der Waals surface area contributed by atoms with Crippen molar-refractivity contribution < 1.29 is 13.2 Å². The first-order chi connectivity index (χ1) is 11.3. The van der Waals surface area contributed by atoms with E-state index in [1.807, 2.05) is 0 Å². The molecule has 0 aliphatic heterocycles. The summed E-state index contributed by atoms with van der Waals surface area (Å²) in [5.41, 5.74) is 0.246. The predicted octanol–water partition coefficient (Wildman–Crippen LogP) is 7.00. The van der Waals surface area contributed by atoms with Crippen LogP contribution in [0.1, 0.15) is 17.0 Å². The third-order valence-electron chi connectivity index (χ3n) is 3.64. The number of pyridine rings is 1. The first-order valence-corrected chi connectivity index (χ1v) is 8.40. The monoisotopic (exact) mass is 433 g/mol. The fourth-order valence-electron chi connectivity index (χ4n) is 2.63. The third-order valence-corrected chi connectivity index (χ3v) is 4.98. The van der Waals surface area contributed by atoms with Crippen molar-refractivity contribution in [1.29, 1.82) is 0 Å². The lowest BCUT2D eigenvalue weighted by Gasteiger charge is -2.23. The van der Waals surface area contributed by atoms with Crippen molar-refractivity contribution in [3.63, 3.8) is 0 Å². The molecule has 0 spiro atoms. The number of alkyl halides is 3. The molecule has 0 saturated heterocycles. The van der Waals surface area contributed by atoms with E-state index in [1.165, 1.54) is 12.1 Å². The van der Waals surface area contributed by atoms with Gasteiger partial charge in [0.15, 0.2) is 0 Å². The van der Waals surface area contributed by atoms with E-state index in [1.54, 1.807) is 36.4 Å². The summed E-state index contributed by atoms with van der Waals surface area (Å²) in [6, 6.07) is 12.6. The summed E-state index contributed by atoms with van der Waals surface area (Å²) in [6.07, 6.45) is -4.56. The Morgan fingerprint density at radius 1 is 0.958 bits per heavy atom. The molecule has 3 rings (SSSR count). The second-order valence-corrected chi connectivity index (χ2v) is 6.74. The minimum absolute atomic E-state index is 0.0522. The van der Waals surface area contributed by atoms with Gasteiger partial charge in [-0.25, -0.2) is 4.98 Å². The zero-order chi connectivity index (χ0) is 17.5. The fraction of sp³-hybridized carbons (Fsp3) is 0.118. The van der Waals surface area contributed by atoms with Gasteiger partial charge in [0.05, 0.1) is 10.5 Å². The largest absolute Gasteiger partial charge is 0.399 e. The van der Waals surface area contributed by atoms with Crippen LogP contribution in [-0.2, 0) is 0 Å². The average Bonchev–Trinajstić information content (AvgIpc) is 2.50. The van der Waals surface area contributed by atoms with Crippen LogP contribution < -0.4 is 0 Å². The molecule has 0 fully saturated rings. The molecule has 0 aliphatic rings. The van der Waals surface area contributed by atoms with Crippen molar-refractivity contribution in [3.8, 4) is 0 Å². The molecule has 1 aromatic heterocycles. The Labute approximate surface area is 154 Å². The van der Waals surface area contributed by atoms with Crippen LogP contribution in [-0.4, -0.2) is 11.2 Å². The van der Waals surface area contributed by atoms with Gasteiger partial charge in [0.2, 0.25) is 0 Å². The molecule has 1 atom stereocenters. The SMILES string of the molecule is FC(F)(F)C(c1ccccc1)c1c(Cl)nc2cccc(Br)c2c1Cl. The highest BCUT2D eigenvalue weighted by atomic mass is 79.9. The summed E-state index contributed by atoms with van der Waals surface area (Å²) >= 11 is 15.8. The van der Waals surface area contributed by atoms with Gasteiger partial charge in [-0.2, -0.15) is 13.2 Å². The Kier molecular flexibility index (Phi) is 4.78. The van der Waals surface area contributed by atoms with Crippen molar-refractivity contribution in [1.82, 2.24) is 4.98 Å². The highest BCUT2D eigenvalue weighted by Gasteiger charge is 2.44. The summed E-state index contributed by atoms with van der Waals surface area (Å²) in [5.74, 6) is -1.96. The topological polar surface area (TPSA) is 12.9 Å². The standard InChI is InChI=1S/C17H9BrCl2F3N/c18-10-7-4-8-11-12(10)15(19)13(16(20)24-11)14(17(21,22)23)9-5-2-1-3-6-9/h1-8,14H. The van der Waals surface area contributed by atoms with Crippen LogP contribution in [0.15, 0.2) is 53.0 Å². The Morgan fingerprint density at radius 3 is 2.25 bits per heavy atom. The van der Waals surface area contributed by atoms with Crippen LogP contribution in [0, 0.1) is 0 Å². The van der Waals surface area contributed by atoms with E-state index in [4.69, 9.17) is 23.2 Å². The van der Waals surface area contributed by atoms with E-state index in [2.05, 4.69) is 20.9 Å². The summed E-state index contributed by atoms with van der Waals surface area (Å²) in [6.45, 7) is 0. The van der Waals surface area contributed by atoms with Crippen LogP contribution >= 0.6 is 39.1 Å². The summed E-state index contributed by atoms with van der Waals surface area (Å²) in [4.78, 5) is 4.11. The molecule has 0 radical (unpaired) electrons. The molecule has 0 N–H and O–H groups in total. The number of halogens is 6. The van der Waals surface area contributed by atoms with Crippen LogP contribution in [0.25, 0.3) is 10.9 Å². The smallest absolute Gasteiger partial charge is 0.236 e. The summed E-state index contributed by atoms with van der Waals surface area (Å²) < 4.78 is 41.9. The minimum Gasteiger partial charge on any atom is -0.236 e. The van der Waals surface area contributed by atoms with E-state index >= 15 is 0 Å². The molecule has 24 heavy (non-hydrogen) atoms. The van der Waals surface area contributed by atoms with Gasteiger partial charge in [0.25, 0.3) is 0 Å². The lowest BCUT2D eigenvalue weighted by molar-refractivity contribution is -0.141. The molecular formula is C17H9BrCl2F3N. The summed E-state index contributed by atoms with van der Waals surface area (Å²) in [7, 11) is 0. The Balaban J connectivity index is 2.35. The maximum Gasteiger partial charge on any atom is 0.399 e. The maximum absolute atomic E-state index is 13.8. The third kappa shape index (κ3) is 3.13. The van der Waals surface area contributed by atoms with Gasteiger partial charge in [0.1, 0.15) is 11.1 Å². The normalized spacial score (nSPS) is 13.2. The first-order valence-electron chi connectivity index (χ1n) is 6.85. The second-order valence-electron chi connectivity index (χ2n) is 5.15. The van der Waals surface area contributed by atoms with Gasteiger partial charge in [-0.1, -0.05) is 75.5 Å². The summed E-state index contributed by atoms with van der Waals surface area (Å²) in [5, 5.41) is 0.101. The number of hydrogen-bond donors (Lipinski definition) is 0. The van der Waals surface area contributed by atoms with Crippen molar-refractivity contribution in [3.05, 3.63) is 74.3 Å². The fourth-order valence-corrected chi connectivity index (χ4v) is 4.03. The van der Waals surface area contributed by atoms with E-state index < -0.39 is 12.1 Å². The molecule has 0 aliphatic carbocycles. The highest BCUT2D eigenvalue weighted by Crippen LogP contribution is 2.47. The molecule has 3 aromatic rings. The minimum atomic E-state index is -4.56. The van der Waals surface area contributed by atoms with Crippen LogP contribution in [0.5, 0.6) is 0 Å². The number of hydrogen-bond acceptors (Lipinski definition) is 1. The van der Waals surface area contributed by atoms with Crippen LogP contribution in [0.3, 0.4) is 0 Å². The lowest BCUT2D eigenvalue weighted by Crippen LogP contribution is -2.23. The van der Waals surface area contributed by atoms with Crippen molar-refractivity contribution >= 4 is 50.0 Å². The number of rotatable bonds is 2. The van der Waals surface area contributed by atoms with Crippen LogP contribution in [0.2, 0.25) is 10.2 Å². The van der Waals surface area contributed by atoms with Gasteiger partial charge in [-0.15, -0.1) is 0 Å². The van der Waals surface area contributed by atoms with E-state index in [0.717, 1.165) is 0 Å². The van der Waals surface area contributed by atoms with Gasteiger partial charge in [-0.3, -0.25) is 0 Å².